The molecule has 1 rings (SSSR count). The van der Waals surface area contributed by atoms with E-state index in [-0.39, 0.29) is 0 Å². The molecule has 4 nitrogen and oxygen atoms in total. The highest BCUT2D eigenvalue weighted by atomic mass is 16.5. The van der Waals surface area contributed by atoms with Crippen LogP contribution in [0.5, 0.6) is 5.75 Å². The van der Waals surface area contributed by atoms with Crippen molar-refractivity contribution in [2.45, 2.75) is 0 Å². The Labute approximate surface area is 58.4 Å². The van der Waals surface area contributed by atoms with E-state index in [1.165, 1.54) is 13.3 Å². The molecule has 0 aliphatic heterocycles. The van der Waals surface area contributed by atoms with Gasteiger partial charge in [-0.25, -0.2) is 0 Å². The molecule has 54 valence electrons. The van der Waals surface area contributed by atoms with Crippen molar-refractivity contribution in [2.75, 3.05) is 7.11 Å². The van der Waals surface area contributed by atoms with Crippen molar-refractivity contribution < 1.29 is 10.2 Å². The first-order valence-corrected chi connectivity index (χ1v) is 2.81. The number of hydrogen-bond donors (Lipinski definition) is 1. The topological polar surface area (TPSA) is 61.8 Å². The van der Waals surface area contributed by atoms with Gasteiger partial charge in [-0.2, -0.15) is 0 Å². The van der Waals surface area contributed by atoms with Crippen molar-refractivity contribution in [3.05, 3.63) is 23.7 Å². The summed E-state index contributed by atoms with van der Waals surface area (Å²) in [5.41, 5.74) is 1.26. The summed E-state index contributed by atoms with van der Waals surface area (Å²) in [5, 5.41) is 10.2. The number of methoxy groups -OCH3 is 1. The molecular formula is C6H8N2O2. The Bertz CT molecular complexity index is 195. The van der Waals surface area contributed by atoms with Gasteiger partial charge in [0.1, 0.15) is 5.75 Å². The molecule has 0 saturated carbocycles. The van der Waals surface area contributed by atoms with Crippen LogP contribution in [0.15, 0.2) is 18.5 Å². The molecule has 0 radical (unpaired) electrons. The van der Waals surface area contributed by atoms with E-state index in [0.717, 1.165) is 5.48 Å². The number of nitrogens with two attached hydrogens (primary N) is 1. The van der Waals surface area contributed by atoms with Gasteiger partial charge in [0.25, 0.3) is 0 Å². The minimum absolute atomic E-state index is 0.527. The van der Waals surface area contributed by atoms with Gasteiger partial charge < -0.3 is 15.4 Å². The Hall–Kier alpha value is -1.13. The maximum atomic E-state index is 10.2. The number of hydrogen-bond acceptors (Lipinski definition) is 3. The van der Waals surface area contributed by atoms with Gasteiger partial charge >= 0.3 is 0 Å². The summed E-state index contributed by atoms with van der Waals surface area (Å²) in [4.78, 5) is 3.77. The van der Waals surface area contributed by atoms with Crippen LogP contribution in [-0.2, 0) is 0 Å². The summed E-state index contributed by atoms with van der Waals surface area (Å²) >= 11 is 0. The predicted molar refractivity (Wildman–Crippen MR) is 35.7 cm³/mol. The van der Waals surface area contributed by atoms with Crippen LogP contribution in [0.3, 0.4) is 0 Å². The number of nitrogens with zero attached hydrogens (tertiary/aromatic N) is 1. The molecule has 2 N–H and O–H groups in total. The molecule has 10 heavy (non-hydrogen) atoms. The van der Waals surface area contributed by atoms with Crippen LogP contribution in [0.2, 0.25) is 0 Å². The summed E-state index contributed by atoms with van der Waals surface area (Å²) in [7, 11) is 1.53. The van der Waals surface area contributed by atoms with E-state index in [0.29, 0.717) is 11.4 Å². The van der Waals surface area contributed by atoms with Gasteiger partial charge in [-0.15, -0.1) is 0 Å². The van der Waals surface area contributed by atoms with Gasteiger partial charge in [-0.3, -0.25) is 4.98 Å². The first-order chi connectivity index (χ1) is 4.86. The quantitative estimate of drug-likeness (QED) is 0.578. The minimum atomic E-state index is 0.527. The minimum Gasteiger partial charge on any atom is -0.630 e. The molecule has 0 aliphatic rings. The molecule has 0 amide bonds. The molecule has 0 aromatic carbocycles. The van der Waals surface area contributed by atoms with Crippen LogP contribution in [0.1, 0.15) is 0 Å². The molecule has 1 aromatic rings. The van der Waals surface area contributed by atoms with Gasteiger partial charge in [-0.1, -0.05) is 0 Å². The van der Waals surface area contributed by atoms with E-state index < -0.39 is 0 Å². The second-order valence-electron chi connectivity index (χ2n) is 1.78. The van der Waals surface area contributed by atoms with Gasteiger partial charge in [0.2, 0.25) is 0 Å². The number of ether oxygens (including phenoxy) is 1. The second kappa shape index (κ2) is 3.14. The highest BCUT2D eigenvalue weighted by Crippen LogP contribution is 2.09. The lowest BCUT2D eigenvalue weighted by Crippen LogP contribution is -2.70. The van der Waals surface area contributed by atoms with Crippen LogP contribution in [0.4, 0.5) is 5.69 Å². The lowest BCUT2D eigenvalue weighted by Gasteiger charge is -2.01. The molecule has 0 aliphatic carbocycles. The normalized spacial score (nSPS) is 9.40. The zero-order valence-electron chi connectivity index (χ0n) is 5.57. The van der Waals surface area contributed by atoms with Crippen LogP contribution in [0.25, 0.3) is 0 Å². The van der Waals surface area contributed by atoms with Gasteiger partial charge in [0, 0.05) is 6.07 Å². The van der Waals surface area contributed by atoms with Gasteiger partial charge in [-0.05, 0) is 0 Å². The lowest BCUT2D eigenvalue weighted by atomic mass is 10.4. The third-order valence-corrected chi connectivity index (χ3v) is 1.11. The number of pyridine rings is 1. The zero-order chi connectivity index (χ0) is 7.40. The molecule has 0 spiro atoms. The van der Waals surface area contributed by atoms with Crippen molar-refractivity contribution >= 4 is 5.69 Å². The van der Waals surface area contributed by atoms with E-state index in [1.54, 1.807) is 12.3 Å². The molecule has 4 heteroatoms. The van der Waals surface area contributed by atoms with E-state index >= 15 is 0 Å². The molecule has 1 heterocycles. The average Bonchev–Trinajstić information content (AvgIpc) is 2.05. The van der Waals surface area contributed by atoms with Crippen molar-refractivity contribution in [1.82, 2.24) is 4.98 Å². The molecule has 0 saturated heterocycles. The standard InChI is InChI=1S/C6H8N2O2/c1-10-6-2-5(8-9)3-7-4-6/h2-4H,8H2,1H3. The fraction of sp³-hybridized carbons (Fsp3) is 0.167. The summed E-state index contributed by atoms with van der Waals surface area (Å²) in [6.45, 7) is 0. The summed E-state index contributed by atoms with van der Waals surface area (Å²) < 4.78 is 4.84. The Kier molecular flexibility index (Phi) is 2.20. The molecule has 0 unspecified atom stereocenters. The Morgan fingerprint density at radius 3 is 3.00 bits per heavy atom. The molecular weight excluding hydrogens is 132 g/mol. The predicted octanol–water partition coefficient (Wildman–Crippen LogP) is -0.217. The van der Waals surface area contributed by atoms with E-state index in [1.807, 2.05) is 0 Å². The van der Waals surface area contributed by atoms with Crippen LogP contribution in [0, 0.1) is 5.21 Å². The Morgan fingerprint density at radius 2 is 2.40 bits per heavy atom. The van der Waals surface area contributed by atoms with Gasteiger partial charge in [0.05, 0.1) is 19.5 Å². The highest BCUT2D eigenvalue weighted by molar-refractivity contribution is 5.32. The first-order valence-electron chi connectivity index (χ1n) is 2.81. The fourth-order valence-electron chi connectivity index (χ4n) is 0.612. The fourth-order valence-corrected chi connectivity index (χ4v) is 0.612. The summed E-state index contributed by atoms with van der Waals surface area (Å²) in [6, 6.07) is 1.62. The van der Waals surface area contributed by atoms with Gasteiger partial charge in [0.15, 0.2) is 5.69 Å². The smallest absolute Gasteiger partial charge is 0.151 e. The van der Waals surface area contributed by atoms with Crippen molar-refractivity contribution in [2.24, 2.45) is 0 Å². The number of quaternary nitrogens is 1. The van der Waals surface area contributed by atoms with E-state index in [4.69, 9.17) is 4.74 Å². The van der Waals surface area contributed by atoms with Crippen molar-refractivity contribution in [3.8, 4) is 5.75 Å². The maximum Gasteiger partial charge on any atom is 0.151 e. The average molecular weight is 140 g/mol. The third-order valence-electron chi connectivity index (χ3n) is 1.11. The lowest BCUT2D eigenvalue weighted by molar-refractivity contribution is -0.497. The third kappa shape index (κ3) is 1.43. The highest BCUT2D eigenvalue weighted by Gasteiger charge is 1.93. The van der Waals surface area contributed by atoms with E-state index in [2.05, 4.69) is 4.98 Å². The van der Waals surface area contributed by atoms with Crippen LogP contribution in [-0.4, -0.2) is 12.1 Å². The van der Waals surface area contributed by atoms with Crippen molar-refractivity contribution in [1.29, 1.82) is 0 Å². The Morgan fingerprint density at radius 1 is 1.60 bits per heavy atom. The second-order valence-corrected chi connectivity index (χ2v) is 1.78. The Balaban J connectivity index is 2.87. The first kappa shape index (κ1) is 6.98. The summed E-state index contributed by atoms with van der Waals surface area (Å²) in [6.07, 6.45) is 3.03. The SMILES string of the molecule is COc1cncc([NH2+][O-])c1. The monoisotopic (exact) mass is 140 g/mol. The molecule has 0 atom stereocenters. The molecule has 0 bridgehead atoms. The zero-order valence-corrected chi connectivity index (χ0v) is 5.57. The van der Waals surface area contributed by atoms with Crippen LogP contribution >= 0.6 is 0 Å². The molecule has 1 aromatic heterocycles. The number of aromatic nitrogens is 1. The maximum absolute atomic E-state index is 10.2. The van der Waals surface area contributed by atoms with Crippen LogP contribution < -0.4 is 10.2 Å². The summed E-state index contributed by atoms with van der Waals surface area (Å²) in [5.74, 6) is 0.601. The van der Waals surface area contributed by atoms with E-state index in [9.17, 15) is 5.21 Å². The largest absolute Gasteiger partial charge is 0.630 e. The van der Waals surface area contributed by atoms with Crippen molar-refractivity contribution in [3.63, 3.8) is 0 Å². The number of rotatable bonds is 2. The molecule has 0 fully saturated rings.